The van der Waals surface area contributed by atoms with E-state index in [0.29, 0.717) is 69.4 Å². The second-order valence-corrected chi connectivity index (χ2v) is 28.6. The van der Waals surface area contributed by atoms with Crippen LogP contribution in [0.3, 0.4) is 0 Å². The highest BCUT2D eigenvalue weighted by molar-refractivity contribution is 7.99. The molecule has 25 nitrogen and oxygen atoms in total. The molecule has 0 spiro atoms. The highest BCUT2D eigenvalue weighted by Crippen LogP contribution is 2.33. The topological polar surface area (TPSA) is 307 Å². The lowest BCUT2D eigenvalue weighted by atomic mass is 9.92. The van der Waals surface area contributed by atoms with Gasteiger partial charge in [0.05, 0.1) is 39.2 Å². The van der Waals surface area contributed by atoms with Crippen molar-refractivity contribution < 1.29 is 38.6 Å². The van der Waals surface area contributed by atoms with Crippen LogP contribution in [0, 0.1) is 11.8 Å². The van der Waals surface area contributed by atoms with Crippen LogP contribution in [0.4, 0.5) is 9.59 Å². The number of carbonyl (C=O) groups excluding carboxylic acids is 4. The summed E-state index contributed by atoms with van der Waals surface area (Å²) in [4.78, 5) is 80.2. The van der Waals surface area contributed by atoms with E-state index in [2.05, 4.69) is 60.8 Å². The number of ether oxygens (including phenoxy) is 2. The highest BCUT2D eigenvalue weighted by atomic mass is 32.2. The molecule has 2 fully saturated rings. The fourth-order valence-corrected chi connectivity index (χ4v) is 13.4. The summed E-state index contributed by atoms with van der Waals surface area (Å²) in [5, 5.41) is 46.4. The predicted molar refractivity (Wildman–Crippen MR) is 362 cm³/mol. The minimum absolute atomic E-state index is 0.0778. The van der Waals surface area contributed by atoms with Crippen LogP contribution in [-0.4, -0.2) is 156 Å². The number of nitrogens with one attached hydrogen (secondary N) is 3. The van der Waals surface area contributed by atoms with E-state index >= 15 is 0 Å². The number of Topliss-reactive ketones (excluding diaryl/α,β-unsaturated/α-hetero) is 2. The third-order valence-electron chi connectivity index (χ3n) is 15.4. The van der Waals surface area contributed by atoms with E-state index in [-0.39, 0.29) is 41.2 Å². The summed E-state index contributed by atoms with van der Waals surface area (Å²) in [5.74, 6) is -0.471. The van der Waals surface area contributed by atoms with Crippen LogP contribution in [-0.2, 0) is 28.7 Å². The Morgan fingerprint density at radius 2 is 0.794 bits per heavy atom. The van der Waals surface area contributed by atoms with Crippen molar-refractivity contribution in [3.63, 3.8) is 0 Å². The fraction of sp³-hybridized carbons (Fsp3) is 0.275. The van der Waals surface area contributed by atoms with Crippen molar-refractivity contribution in [1.29, 1.82) is 0 Å². The Bertz CT molecular complexity index is 4580. The van der Waals surface area contributed by atoms with E-state index in [9.17, 15) is 24.0 Å². The van der Waals surface area contributed by atoms with Crippen LogP contribution >= 0.6 is 35.3 Å². The normalized spacial score (nSPS) is 13.3. The molecule has 3 aromatic carbocycles. The summed E-state index contributed by atoms with van der Waals surface area (Å²) in [6, 6.07) is 39.7. The first kappa shape index (κ1) is 66.6. The number of benzene rings is 3. The summed E-state index contributed by atoms with van der Waals surface area (Å²) in [5.41, 5.74) is 9.04. The number of rotatable bonds is 19. The van der Waals surface area contributed by atoms with E-state index in [1.54, 1.807) is 54.2 Å². The minimum Gasteiger partial charge on any atom is -0.478 e. The number of carboxylic acid groups (broad SMARTS) is 1. The van der Waals surface area contributed by atoms with Crippen LogP contribution in [0.5, 0.6) is 0 Å². The first-order valence-electron chi connectivity index (χ1n) is 31.2. The van der Waals surface area contributed by atoms with Gasteiger partial charge in [-0.1, -0.05) is 65.6 Å². The molecule has 0 atom stereocenters. The number of aromatic amines is 3. The number of H-pyrrole nitrogens is 3. The van der Waals surface area contributed by atoms with Gasteiger partial charge in [-0.2, -0.15) is 30.6 Å². The summed E-state index contributed by atoms with van der Waals surface area (Å²) >= 11 is 4.42. The molecule has 97 heavy (non-hydrogen) atoms. The number of nitrogens with zero attached hydrogens (tertiary/aromatic N) is 14. The summed E-state index contributed by atoms with van der Waals surface area (Å²) in [6.07, 6.45) is 12.3. The average Bonchev–Trinajstić information content (AvgIpc) is 1.54. The Balaban J connectivity index is 0.000000141. The maximum absolute atomic E-state index is 12.9. The molecular weight excluding hydrogens is 1290 g/mol. The van der Waals surface area contributed by atoms with E-state index in [4.69, 9.17) is 14.6 Å². The van der Waals surface area contributed by atoms with Crippen molar-refractivity contribution in [3.05, 3.63) is 216 Å². The van der Waals surface area contributed by atoms with Gasteiger partial charge in [0.2, 0.25) is 0 Å². The van der Waals surface area contributed by atoms with E-state index in [1.807, 2.05) is 169 Å². The second kappa shape index (κ2) is 29.3. The number of fused-ring (bicyclic) bond motifs is 3. The summed E-state index contributed by atoms with van der Waals surface area (Å²) in [7, 11) is 0. The third kappa shape index (κ3) is 17.5. The maximum Gasteiger partial charge on any atom is 0.410 e. The molecule has 496 valence electrons. The Morgan fingerprint density at radius 1 is 0.464 bits per heavy atom. The molecule has 0 unspecified atom stereocenters. The number of carboxylic acids is 1. The van der Waals surface area contributed by atoms with Gasteiger partial charge in [0, 0.05) is 132 Å². The van der Waals surface area contributed by atoms with Gasteiger partial charge in [-0.25, -0.2) is 42.9 Å². The second-order valence-electron chi connectivity index (χ2n) is 25.3. The molecule has 11 heterocycles. The molecule has 2 amide bonds. The highest BCUT2D eigenvalue weighted by Gasteiger charge is 2.36. The van der Waals surface area contributed by atoms with Gasteiger partial charge in [0.15, 0.2) is 11.6 Å². The summed E-state index contributed by atoms with van der Waals surface area (Å²) < 4.78 is 16.2. The lowest BCUT2D eigenvalue weighted by Crippen LogP contribution is -2.52. The van der Waals surface area contributed by atoms with Gasteiger partial charge in [-0.3, -0.25) is 24.9 Å². The number of carbonyl (C=O) groups is 5. The Hall–Kier alpha value is -10.5. The number of aromatic nitrogens is 15. The quantitative estimate of drug-likeness (QED) is 0.0547. The number of ketones is 2. The molecule has 2 aliphatic heterocycles. The van der Waals surface area contributed by atoms with E-state index in [1.165, 1.54) is 41.6 Å². The Morgan fingerprint density at radius 3 is 1.12 bits per heavy atom. The van der Waals surface area contributed by atoms with Gasteiger partial charge in [0.25, 0.3) is 0 Å². The van der Waals surface area contributed by atoms with Crippen LogP contribution in [0.15, 0.2) is 195 Å². The number of amides is 2. The van der Waals surface area contributed by atoms with E-state index < -0.39 is 17.2 Å². The molecule has 0 aliphatic carbocycles. The van der Waals surface area contributed by atoms with Crippen LogP contribution < -0.4 is 0 Å². The minimum atomic E-state index is -0.940. The lowest BCUT2D eigenvalue weighted by Gasteiger charge is -2.39. The molecule has 0 saturated carbocycles. The van der Waals surface area contributed by atoms with E-state index in [0.717, 1.165) is 80.5 Å². The Kier molecular flexibility index (Phi) is 20.1. The maximum atomic E-state index is 12.9. The first-order valence-corrected chi connectivity index (χ1v) is 33.6. The number of likely N-dealkylation sites (tertiary alicyclic amines) is 2. The molecule has 9 aromatic heterocycles. The molecule has 2 saturated heterocycles. The van der Waals surface area contributed by atoms with Crippen molar-refractivity contribution in [2.45, 2.75) is 115 Å². The van der Waals surface area contributed by atoms with Crippen molar-refractivity contribution in [1.82, 2.24) is 84.2 Å². The predicted octanol–water partition coefficient (Wildman–Crippen LogP) is 12.2. The SMILES string of the molecule is CC(C)(C)OC(=O)N1CC(CC(=O)c2cccc(Sc3cc(Cc4ncnn5cccc45)[nH]n3)c2)C1.CC(C)(C)OC(=O)N1CC(CC(=O)c2cccc(Sc3cc(Cc4ncnn5cccc45)[nH]n3)c2)C1.O=C(O)c1cccc(Sc2cc(Cc3ncnn4cccc34)[nH]n2)c1. The van der Waals surface area contributed by atoms with Gasteiger partial charge in [-0.05, 0) is 139 Å². The zero-order valence-corrected chi connectivity index (χ0v) is 56.3. The smallest absolute Gasteiger partial charge is 0.410 e. The molecular formula is C69H69N17O8S3. The molecule has 4 N–H and O–H groups in total. The van der Waals surface area contributed by atoms with Crippen molar-refractivity contribution in [2.75, 3.05) is 26.2 Å². The molecule has 2 aliphatic rings. The standard InChI is InChI=1S/2C26H28N6O3S.C17H13N5O2S/c2*1-26(2,3)35-25(34)31-14-17(15-31)10-23(33)18-6-4-7-20(11-18)36-24-13-19(29-30-24)12-21-22-8-5-9-32(22)28-16-27-21;23-17(24)11-3-1-4-13(7-11)25-16-9-12(20-21-16)8-14-15-5-2-6-22(15)19-10-18-14/h2*4-9,11,13,16-17H,10,12,14-15H2,1-3H3,(H,29,30);1-7,9-10H,8H2,(H,20,21)(H,23,24). The van der Waals surface area contributed by atoms with Crippen LogP contribution in [0.1, 0.15) is 120 Å². The monoisotopic (exact) mass is 1360 g/mol. The first-order chi connectivity index (χ1) is 46.6. The number of hydrogen-bond donors (Lipinski definition) is 4. The fourth-order valence-electron chi connectivity index (χ4n) is 10.8. The van der Waals surface area contributed by atoms with Crippen molar-refractivity contribution in [3.8, 4) is 0 Å². The zero-order chi connectivity index (χ0) is 67.8. The zero-order valence-electron chi connectivity index (χ0n) is 53.9. The molecule has 12 aromatic rings. The number of aromatic carboxylic acids is 1. The van der Waals surface area contributed by atoms with Crippen molar-refractivity contribution in [2.24, 2.45) is 11.8 Å². The molecule has 0 bridgehead atoms. The van der Waals surface area contributed by atoms with Crippen molar-refractivity contribution >= 4 is 81.6 Å². The van der Waals surface area contributed by atoms with Gasteiger partial charge >= 0.3 is 18.2 Å². The van der Waals surface area contributed by atoms with Gasteiger partial charge in [0.1, 0.15) is 45.3 Å². The van der Waals surface area contributed by atoms with Gasteiger partial charge in [-0.15, -0.1) is 0 Å². The van der Waals surface area contributed by atoms with Crippen LogP contribution in [0.2, 0.25) is 0 Å². The lowest BCUT2D eigenvalue weighted by molar-refractivity contribution is -0.00231. The molecule has 14 rings (SSSR count). The molecule has 28 heteroatoms. The van der Waals surface area contributed by atoms with Gasteiger partial charge < -0.3 is 24.4 Å². The third-order valence-corrected chi connectivity index (χ3v) is 18.1. The largest absolute Gasteiger partial charge is 0.478 e. The Labute approximate surface area is 569 Å². The summed E-state index contributed by atoms with van der Waals surface area (Å²) in [6.45, 7) is 13.3. The van der Waals surface area contributed by atoms with Crippen LogP contribution in [0.25, 0.3) is 16.6 Å². The molecule has 0 radical (unpaired) electrons. The number of hydrogen-bond acceptors (Lipinski definition) is 19. The average molecular weight is 1360 g/mol.